The maximum Gasteiger partial charge on any atom is 0.106 e. The van der Waals surface area contributed by atoms with E-state index < -0.39 is 0 Å². The minimum atomic E-state index is -0.290. The number of aryl methyl sites for hydroxylation is 1. The van der Waals surface area contributed by atoms with Crippen LogP contribution in [0.5, 0.6) is 0 Å². The summed E-state index contributed by atoms with van der Waals surface area (Å²) in [7, 11) is 0. The van der Waals surface area contributed by atoms with Crippen molar-refractivity contribution >= 4 is 11.0 Å². The van der Waals surface area contributed by atoms with Crippen molar-refractivity contribution in [3.8, 4) is 0 Å². The Morgan fingerprint density at radius 3 is 2.87 bits per heavy atom. The lowest BCUT2D eigenvalue weighted by molar-refractivity contribution is 0.150. The standard InChI is InChI=1S/C12H16N2O/c1-3-10(15)8-14-9(2)13-11-6-4-5-7-12(11)14/h4-7,10,15H,3,8H2,1-2H3. The second-order valence-electron chi connectivity index (χ2n) is 3.82. The number of aliphatic hydroxyl groups excluding tert-OH is 1. The van der Waals surface area contributed by atoms with Crippen LogP contribution in [0.25, 0.3) is 11.0 Å². The summed E-state index contributed by atoms with van der Waals surface area (Å²) in [6.07, 6.45) is 0.479. The zero-order chi connectivity index (χ0) is 10.8. The lowest BCUT2D eigenvalue weighted by Crippen LogP contribution is -2.15. The maximum absolute atomic E-state index is 9.67. The van der Waals surface area contributed by atoms with Gasteiger partial charge in [-0.1, -0.05) is 19.1 Å². The third kappa shape index (κ3) is 1.88. The van der Waals surface area contributed by atoms with E-state index in [9.17, 15) is 5.11 Å². The average Bonchev–Trinajstić information content (AvgIpc) is 2.55. The fourth-order valence-electron chi connectivity index (χ4n) is 1.77. The molecule has 2 aromatic rings. The molecule has 15 heavy (non-hydrogen) atoms. The Kier molecular flexibility index (Phi) is 2.73. The molecule has 0 saturated heterocycles. The molecule has 0 spiro atoms. The Morgan fingerprint density at radius 1 is 1.40 bits per heavy atom. The number of aromatic nitrogens is 2. The van der Waals surface area contributed by atoms with Crippen LogP contribution in [0, 0.1) is 6.92 Å². The van der Waals surface area contributed by atoms with Crippen molar-refractivity contribution in [1.29, 1.82) is 0 Å². The first kappa shape index (κ1) is 10.2. The zero-order valence-corrected chi connectivity index (χ0v) is 9.14. The van der Waals surface area contributed by atoms with Gasteiger partial charge in [0.15, 0.2) is 0 Å². The molecule has 0 bridgehead atoms. The molecule has 0 aliphatic rings. The van der Waals surface area contributed by atoms with E-state index in [0.717, 1.165) is 23.3 Å². The third-order valence-corrected chi connectivity index (χ3v) is 2.71. The topological polar surface area (TPSA) is 38.0 Å². The van der Waals surface area contributed by atoms with Crippen LogP contribution in [0.3, 0.4) is 0 Å². The number of nitrogens with zero attached hydrogens (tertiary/aromatic N) is 2. The Hall–Kier alpha value is -1.35. The van der Waals surface area contributed by atoms with Crippen molar-refractivity contribution in [2.75, 3.05) is 0 Å². The molecule has 2 rings (SSSR count). The molecule has 0 saturated carbocycles. The van der Waals surface area contributed by atoms with Crippen LogP contribution in [-0.2, 0) is 6.54 Å². The molecule has 3 nitrogen and oxygen atoms in total. The molecule has 1 N–H and O–H groups in total. The molecule has 3 heteroatoms. The third-order valence-electron chi connectivity index (χ3n) is 2.71. The highest BCUT2D eigenvalue weighted by atomic mass is 16.3. The van der Waals surface area contributed by atoms with E-state index in [2.05, 4.69) is 9.55 Å². The zero-order valence-electron chi connectivity index (χ0n) is 9.14. The quantitative estimate of drug-likeness (QED) is 0.831. The van der Waals surface area contributed by atoms with Crippen LogP contribution in [-0.4, -0.2) is 20.8 Å². The van der Waals surface area contributed by atoms with Gasteiger partial charge in [-0.2, -0.15) is 0 Å². The van der Waals surface area contributed by atoms with Crippen molar-refractivity contribution in [2.45, 2.75) is 32.9 Å². The average molecular weight is 204 g/mol. The summed E-state index contributed by atoms with van der Waals surface area (Å²) in [4.78, 5) is 4.45. The largest absolute Gasteiger partial charge is 0.391 e. The van der Waals surface area contributed by atoms with Gasteiger partial charge in [0.2, 0.25) is 0 Å². The van der Waals surface area contributed by atoms with E-state index >= 15 is 0 Å². The van der Waals surface area contributed by atoms with Gasteiger partial charge in [-0.25, -0.2) is 4.98 Å². The predicted molar refractivity (Wildman–Crippen MR) is 60.8 cm³/mol. The normalized spacial score (nSPS) is 13.3. The van der Waals surface area contributed by atoms with E-state index in [1.807, 2.05) is 38.1 Å². The van der Waals surface area contributed by atoms with E-state index in [1.165, 1.54) is 0 Å². The van der Waals surface area contributed by atoms with Gasteiger partial charge in [0.05, 0.1) is 23.7 Å². The predicted octanol–water partition coefficient (Wildman–Crippen LogP) is 2.12. The number of imidazole rings is 1. The van der Waals surface area contributed by atoms with Crippen LogP contribution >= 0.6 is 0 Å². The molecule has 0 aliphatic carbocycles. The summed E-state index contributed by atoms with van der Waals surface area (Å²) in [5.41, 5.74) is 2.10. The van der Waals surface area contributed by atoms with E-state index in [1.54, 1.807) is 0 Å². The van der Waals surface area contributed by atoms with Gasteiger partial charge in [0, 0.05) is 0 Å². The molecule has 0 radical (unpaired) electrons. The van der Waals surface area contributed by atoms with Crippen molar-refractivity contribution in [3.05, 3.63) is 30.1 Å². The van der Waals surface area contributed by atoms with Crippen LogP contribution in [0.15, 0.2) is 24.3 Å². The van der Waals surface area contributed by atoms with Gasteiger partial charge >= 0.3 is 0 Å². The summed E-state index contributed by atoms with van der Waals surface area (Å²) < 4.78 is 2.07. The maximum atomic E-state index is 9.67. The molecule has 0 fully saturated rings. The molecular formula is C12H16N2O. The second kappa shape index (κ2) is 4.03. The highest BCUT2D eigenvalue weighted by molar-refractivity contribution is 5.75. The monoisotopic (exact) mass is 204 g/mol. The van der Waals surface area contributed by atoms with Crippen LogP contribution in [0.4, 0.5) is 0 Å². The number of rotatable bonds is 3. The van der Waals surface area contributed by atoms with Crippen LogP contribution < -0.4 is 0 Å². The molecule has 1 heterocycles. The Bertz CT molecular complexity index is 462. The SMILES string of the molecule is CCC(O)Cn1c(C)nc2ccccc21. The lowest BCUT2D eigenvalue weighted by atomic mass is 10.2. The number of fused-ring (bicyclic) bond motifs is 1. The fourth-order valence-corrected chi connectivity index (χ4v) is 1.77. The lowest BCUT2D eigenvalue weighted by Gasteiger charge is -2.11. The van der Waals surface area contributed by atoms with Crippen molar-refractivity contribution in [2.24, 2.45) is 0 Å². The number of benzene rings is 1. The first-order chi connectivity index (χ1) is 7.22. The van der Waals surface area contributed by atoms with Gasteiger partial charge < -0.3 is 9.67 Å². The van der Waals surface area contributed by atoms with Crippen molar-refractivity contribution < 1.29 is 5.11 Å². The molecule has 1 unspecified atom stereocenters. The molecule has 1 aromatic heterocycles. The number of hydrogen-bond donors (Lipinski definition) is 1. The van der Waals surface area contributed by atoms with Gasteiger partial charge in [-0.05, 0) is 25.5 Å². The summed E-state index contributed by atoms with van der Waals surface area (Å²) in [5, 5.41) is 9.67. The highest BCUT2D eigenvalue weighted by Gasteiger charge is 2.09. The Morgan fingerprint density at radius 2 is 2.13 bits per heavy atom. The minimum Gasteiger partial charge on any atom is -0.391 e. The van der Waals surface area contributed by atoms with Gasteiger partial charge in [-0.3, -0.25) is 0 Å². The van der Waals surface area contributed by atoms with Crippen LogP contribution in [0.1, 0.15) is 19.2 Å². The van der Waals surface area contributed by atoms with Crippen LogP contribution in [0.2, 0.25) is 0 Å². The molecule has 1 aromatic carbocycles. The van der Waals surface area contributed by atoms with E-state index in [4.69, 9.17) is 0 Å². The van der Waals surface area contributed by atoms with E-state index in [-0.39, 0.29) is 6.10 Å². The van der Waals surface area contributed by atoms with Crippen molar-refractivity contribution in [1.82, 2.24) is 9.55 Å². The first-order valence-electron chi connectivity index (χ1n) is 5.32. The molecular weight excluding hydrogens is 188 g/mol. The number of aliphatic hydroxyl groups is 1. The van der Waals surface area contributed by atoms with Gasteiger partial charge in [-0.15, -0.1) is 0 Å². The Balaban J connectivity index is 2.45. The number of hydrogen-bond acceptors (Lipinski definition) is 2. The molecule has 1 atom stereocenters. The molecule has 0 aliphatic heterocycles. The van der Waals surface area contributed by atoms with Gasteiger partial charge in [0.1, 0.15) is 5.82 Å². The minimum absolute atomic E-state index is 0.290. The summed E-state index contributed by atoms with van der Waals surface area (Å²) in [6, 6.07) is 8.02. The smallest absolute Gasteiger partial charge is 0.106 e. The second-order valence-corrected chi connectivity index (χ2v) is 3.82. The Labute approximate surface area is 89.4 Å². The summed E-state index contributed by atoms with van der Waals surface area (Å²) in [6.45, 7) is 4.59. The van der Waals surface area contributed by atoms with E-state index in [0.29, 0.717) is 6.54 Å². The molecule has 0 amide bonds. The fraction of sp³-hybridized carbons (Fsp3) is 0.417. The van der Waals surface area contributed by atoms with Gasteiger partial charge in [0.25, 0.3) is 0 Å². The summed E-state index contributed by atoms with van der Waals surface area (Å²) in [5.74, 6) is 0.962. The highest BCUT2D eigenvalue weighted by Crippen LogP contribution is 2.16. The van der Waals surface area contributed by atoms with Crippen molar-refractivity contribution in [3.63, 3.8) is 0 Å². The first-order valence-corrected chi connectivity index (χ1v) is 5.32. The number of para-hydroxylation sites is 2. The molecule has 80 valence electrons. The summed E-state index contributed by atoms with van der Waals surface area (Å²) >= 11 is 0.